The van der Waals surface area contributed by atoms with Crippen molar-refractivity contribution >= 4 is 50.7 Å². The van der Waals surface area contributed by atoms with Gasteiger partial charge in [-0.2, -0.15) is 0 Å². The monoisotopic (exact) mass is 469 g/mol. The highest BCUT2D eigenvalue weighted by molar-refractivity contribution is 7.92. The zero-order valence-corrected chi connectivity index (χ0v) is 18.2. The second kappa shape index (κ2) is 8.10. The molecule has 3 aromatic rings. The number of halogens is 1. The Labute approximate surface area is 188 Å². The lowest BCUT2D eigenvalue weighted by Crippen LogP contribution is -2.24. The number of rotatable bonds is 5. The van der Waals surface area contributed by atoms with E-state index in [1.807, 2.05) is 0 Å². The molecule has 0 spiro atoms. The van der Waals surface area contributed by atoms with Gasteiger partial charge in [0.1, 0.15) is 0 Å². The fourth-order valence-corrected chi connectivity index (χ4v) is 4.49. The van der Waals surface area contributed by atoms with E-state index < -0.39 is 27.7 Å². The van der Waals surface area contributed by atoms with E-state index in [9.17, 15) is 22.8 Å². The first-order chi connectivity index (χ1) is 15.2. The van der Waals surface area contributed by atoms with Crippen molar-refractivity contribution in [2.75, 3.05) is 17.1 Å². The van der Waals surface area contributed by atoms with Gasteiger partial charge in [-0.3, -0.25) is 24.0 Å². The lowest BCUT2D eigenvalue weighted by Gasteiger charge is -2.14. The Balaban J connectivity index is 1.65. The van der Waals surface area contributed by atoms with Crippen molar-refractivity contribution < 1.29 is 22.8 Å². The zero-order valence-electron chi connectivity index (χ0n) is 16.6. The fraction of sp³-hybridized carbons (Fsp3) is 0.0455. The second-order valence-electron chi connectivity index (χ2n) is 6.96. The molecule has 0 unspecified atom stereocenters. The third-order valence-electron chi connectivity index (χ3n) is 4.91. The molecule has 0 saturated carbocycles. The van der Waals surface area contributed by atoms with Crippen LogP contribution in [0.3, 0.4) is 0 Å². The Morgan fingerprint density at radius 3 is 2.25 bits per heavy atom. The first kappa shape index (κ1) is 21.5. The predicted octanol–water partition coefficient (Wildman–Crippen LogP) is 3.62. The van der Waals surface area contributed by atoms with Crippen molar-refractivity contribution in [1.82, 2.24) is 4.90 Å². The lowest BCUT2D eigenvalue weighted by atomic mass is 10.1. The number of carbonyl (C=O) groups is 3. The van der Waals surface area contributed by atoms with Crippen LogP contribution in [0.4, 0.5) is 11.4 Å². The summed E-state index contributed by atoms with van der Waals surface area (Å²) >= 11 is 5.82. The Kier molecular flexibility index (Phi) is 5.45. The number of benzene rings is 3. The normalized spacial score (nSPS) is 13.1. The number of amides is 3. The number of para-hydroxylation sites is 1. The molecule has 0 saturated heterocycles. The minimum absolute atomic E-state index is 0.0230. The summed E-state index contributed by atoms with van der Waals surface area (Å²) in [5, 5.41) is 3.00. The minimum atomic E-state index is -3.99. The molecule has 0 aliphatic carbocycles. The second-order valence-corrected chi connectivity index (χ2v) is 9.08. The van der Waals surface area contributed by atoms with Crippen LogP contribution in [0.2, 0.25) is 5.02 Å². The van der Waals surface area contributed by atoms with Crippen molar-refractivity contribution in [2.24, 2.45) is 0 Å². The molecule has 0 radical (unpaired) electrons. The summed E-state index contributed by atoms with van der Waals surface area (Å²) in [5.74, 6) is -1.64. The van der Waals surface area contributed by atoms with E-state index in [1.54, 1.807) is 18.2 Å². The van der Waals surface area contributed by atoms with Crippen molar-refractivity contribution in [2.45, 2.75) is 4.90 Å². The number of carbonyl (C=O) groups excluding carboxylic acids is 3. The highest BCUT2D eigenvalue weighted by Crippen LogP contribution is 2.29. The Morgan fingerprint density at radius 2 is 1.53 bits per heavy atom. The zero-order chi connectivity index (χ0) is 23.0. The number of anilines is 2. The third-order valence-corrected chi connectivity index (χ3v) is 6.54. The van der Waals surface area contributed by atoms with Crippen LogP contribution >= 0.6 is 11.6 Å². The van der Waals surface area contributed by atoms with Crippen molar-refractivity contribution in [1.29, 1.82) is 0 Å². The Morgan fingerprint density at radius 1 is 0.875 bits per heavy atom. The summed E-state index contributed by atoms with van der Waals surface area (Å²) in [4.78, 5) is 38.6. The van der Waals surface area contributed by atoms with Crippen LogP contribution in [0.5, 0.6) is 0 Å². The van der Waals surface area contributed by atoms with Gasteiger partial charge in [-0.15, -0.1) is 0 Å². The lowest BCUT2D eigenvalue weighted by molar-refractivity contribution is 0.0693. The molecule has 10 heteroatoms. The maximum Gasteiger partial charge on any atom is 0.263 e. The third kappa shape index (κ3) is 3.83. The number of imide groups is 1. The summed E-state index contributed by atoms with van der Waals surface area (Å²) in [7, 11) is -2.63. The minimum Gasteiger partial charge on any atom is -0.321 e. The maximum absolute atomic E-state index is 13.0. The largest absolute Gasteiger partial charge is 0.321 e. The average molecular weight is 470 g/mol. The first-order valence-electron chi connectivity index (χ1n) is 9.33. The first-order valence-corrected chi connectivity index (χ1v) is 11.2. The fourth-order valence-electron chi connectivity index (χ4n) is 3.28. The van der Waals surface area contributed by atoms with Crippen LogP contribution in [-0.4, -0.2) is 38.1 Å². The van der Waals surface area contributed by atoms with Crippen molar-refractivity contribution in [3.05, 3.63) is 88.4 Å². The number of sulfonamides is 1. The summed E-state index contributed by atoms with van der Waals surface area (Å²) in [6.07, 6.45) is 0. The maximum atomic E-state index is 13.0. The highest BCUT2D eigenvalue weighted by atomic mass is 35.5. The van der Waals surface area contributed by atoms with E-state index in [1.165, 1.54) is 55.6 Å². The number of hydrogen-bond acceptors (Lipinski definition) is 5. The van der Waals surface area contributed by atoms with E-state index >= 15 is 0 Å². The van der Waals surface area contributed by atoms with Gasteiger partial charge in [-0.1, -0.05) is 29.8 Å². The number of nitrogens with zero attached hydrogens (tertiary/aromatic N) is 1. The van der Waals surface area contributed by atoms with E-state index in [-0.39, 0.29) is 33.0 Å². The van der Waals surface area contributed by atoms with Gasteiger partial charge in [0, 0.05) is 12.1 Å². The molecule has 0 bridgehead atoms. The number of fused-ring (bicyclic) bond motifs is 1. The van der Waals surface area contributed by atoms with Crippen LogP contribution in [0.15, 0.2) is 71.6 Å². The molecule has 162 valence electrons. The van der Waals surface area contributed by atoms with Gasteiger partial charge in [0.05, 0.1) is 33.0 Å². The molecule has 32 heavy (non-hydrogen) atoms. The molecule has 2 N–H and O–H groups in total. The summed E-state index contributed by atoms with van der Waals surface area (Å²) in [6.45, 7) is 0. The Bertz CT molecular complexity index is 1370. The van der Waals surface area contributed by atoms with E-state index in [0.717, 1.165) is 4.90 Å². The van der Waals surface area contributed by atoms with Crippen LogP contribution in [-0.2, 0) is 10.0 Å². The van der Waals surface area contributed by atoms with Gasteiger partial charge >= 0.3 is 0 Å². The predicted molar refractivity (Wildman–Crippen MR) is 120 cm³/mol. The topological polar surface area (TPSA) is 113 Å². The SMILES string of the molecule is CN1C(=O)c2cccc(NC(=O)c3ccccc3NS(=O)(=O)c3ccc(Cl)cc3)c2C1=O. The molecular formula is C22H16ClN3O5S. The van der Waals surface area contributed by atoms with Crippen LogP contribution in [0.1, 0.15) is 31.1 Å². The molecule has 4 rings (SSSR count). The molecule has 3 amide bonds. The molecule has 0 fully saturated rings. The molecule has 3 aromatic carbocycles. The van der Waals surface area contributed by atoms with Gasteiger partial charge in [-0.05, 0) is 48.5 Å². The molecule has 0 atom stereocenters. The molecule has 1 heterocycles. The highest BCUT2D eigenvalue weighted by Gasteiger charge is 2.35. The smallest absolute Gasteiger partial charge is 0.263 e. The van der Waals surface area contributed by atoms with E-state index in [0.29, 0.717) is 5.02 Å². The number of hydrogen-bond donors (Lipinski definition) is 2. The van der Waals surface area contributed by atoms with Gasteiger partial charge in [-0.25, -0.2) is 8.42 Å². The van der Waals surface area contributed by atoms with Gasteiger partial charge < -0.3 is 5.32 Å². The summed E-state index contributed by atoms with van der Waals surface area (Å²) in [5.41, 5.74) is 0.518. The van der Waals surface area contributed by atoms with Gasteiger partial charge in [0.2, 0.25) is 0 Å². The van der Waals surface area contributed by atoms with Crippen LogP contribution in [0, 0.1) is 0 Å². The van der Waals surface area contributed by atoms with Crippen LogP contribution < -0.4 is 10.0 Å². The van der Waals surface area contributed by atoms with E-state index in [4.69, 9.17) is 11.6 Å². The van der Waals surface area contributed by atoms with Gasteiger partial charge in [0.15, 0.2) is 0 Å². The standard InChI is InChI=1S/C22H16ClN3O5S/c1-26-21(28)16-6-4-8-18(19(16)22(26)29)24-20(27)15-5-2-3-7-17(15)25-32(30,31)14-11-9-13(23)10-12-14/h2-12,25H,1H3,(H,24,27). The molecule has 1 aliphatic rings. The quantitative estimate of drug-likeness (QED) is 0.554. The number of nitrogens with one attached hydrogen (secondary N) is 2. The molecule has 1 aliphatic heterocycles. The van der Waals surface area contributed by atoms with Crippen LogP contribution in [0.25, 0.3) is 0 Å². The molecule has 8 nitrogen and oxygen atoms in total. The molecule has 0 aromatic heterocycles. The van der Waals surface area contributed by atoms with E-state index in [2.05, 4.69) is 10.0 Å². The van der Waals surface area contributed by atoms with Crippen molar-refractivity contribution in [3.8, 4) is 0 Å². The Hall–Kier alpha value is -3.69. The van der Waals surface area contributed by atoms with Crippen molar-refractivity contribution in [3.63, 3.8) is 0 Å². The molecular weight excluding hydrogens is 454 g/mol. The van der Waals surface area contributed by atoms with Gasteiger partial charge in [0.25, 0.3) is 27.7 Å². The summed E-state index contributed by atoms with van der Waals surface area (Å²) < 4.78 is 27.9. The average Bonchev–Trinajstić information content (AvgIpc) is 2.99. The summed E-state index contributed by atoms with van der Waals surface area (Å²) in [6, 6.07) is 16.2.